The van der Waals surface area contributed by atoms with Crippen molar-refractivity contribution in [2.45, 2.75) is 12.1 Å². The van der Waals surface area contributed by atoms with Crippen LogP contribution in [0.4, 0.5) is 14.5 Å². The van der Waals surface area contributed by atoms with Crippen molar-refractivity contribution in [2.75, 3.05) is 16.8 Å². The van der Waals surface area contributed by atoms with E-state index < -0.39 is 33.6 Å². The second kappa shape index (κ2) is 3.32. The van der Waals surface area contributed by atoms with Crippen LogP contribution in [-0.2, 0) is 9.84 Å². The number of halogens is 2. The molecule has 0 amide bonds. The number of sulfone groups is 1. The molecule has 3 rings (SSSR count). The minimum Gasteiger partial charge on any atom is -0.485 e. The monoisotopic (exact) mass is 261 g/mol. The van der Waals surface area contributed by atoms with E-state index >= 15 is 0 Å². The van der Waals surface area contributed by atoms with Crippen molar-refractivity contribution in [1.82, 2.24) is 0 Å². The lowest BCUT2D eigenvalue weighted by molar-refractivity contribution is 0.203. The third-order valence-corrected chi connectivity index (χ3v) is 4.63. The van der Waals surface area contributed by atoms with Crippen LogP contribution in [0.5, 0.6) is 5.75 Å². The first-order valence-electron chi connectivity index (χ1n) is 5.07. The van der Waals surface area contributed by atoms with E-state index in [1.165, 1.54) is 0 Å². The summed E-state index contributed by atoms with van der Waals surface area (Å²) in [5.41, 5.74) is 0.0322. The highest BCUT2D eigenvalue weighted by atomic mass is 32.2. The number of fused-ring (bicyclic) bond motifs is 2. The third-order valence-electron chi connectivity index (χ3n) is 2.93. The molecule has 0 spiro atoms. The lowest BCUT2D eigenvalue weighted by Gasteiger charge is -2.29. The molecule has 0 saturated carbocycles. The molecule has 2 aliphatic heterocycles. The van der Waals surface area contributed by atoms with Gasteiger partial charge >= 0.3 is 0 Å². The van der Waals surface area contributed by atoms with E-state index in [0.29, 0.717) is 0 Å². The average Bonchev–Trinajstić information content (AvgIpc) is 2.48. The third kappa shape index (κ3) is 1.74. The van der Waals surface area contributed by atoms with E-state index in [1.807, 2.05) is 0 Å². The summed E-state index contributed by atoms with van der Waals surface area (Å²) in [6.07, 6.45) is -0.575. The fourth-order valence-corrected chi connectivity index (χ4v) is 3.98. The first-order valence-corrected chi connectivity index (χ1v) is 6.89. The van der Waals surface area contributed by atoms with E-state index in [9.17, 15) is 17.2 Å². The minimum absolute atomic E-state index is 0.0286. The Morgan fingerprint density at radius 1 is 1.29 bits per heavy atom. The molecule has 0 aromatic heterocycles. The van der Waals surface area contributed by atoms with E-state index in [4.69, 9.17) is 4.74 Å². The highest BCUT2D eigenvalue weighted by Gasteiger charge is 2.43. The maximum absolute atomic E-state index is 13.4. The van der Waals surface area contributed by atoms with Crippen LogP contribution in [0.15, 0.2) is 12.1 Å². The summed E-state index contributed by atoms with van der Waals surface area (Å²) in [6, 6.07) is 1.32. The van der Waals surface area contributed by atoms with E-state index in [1.54, 1.807) is 0 Å². The van der Waals surface area contributed by atoms with Crippen molar-refractivity contribution in [2.24, 2.45) is 0 Å². The molecule has 2 heterocycles. The van der Waals surface area contributed by atoms with Gasteiger partial charge in [-0.2, -0.15) is 0 Å². The summed E-state index contributed by atoms with van der Waals surface area (Å²) in [5, 5.41) is 2.76. The fourth-order valence-electron chi connectivity index (χ4n) is 2.20. The van der Waals surface area contributed by atoms with Gasteiger partial charge in [0.15, 0.2) is 15.7 Å². The Kier molecular flexibility index (Phi) is 2.10. The molecule has 1 fully saturated rings. The van der Waals surface area contributed by atoms with Crippen LogP contribution in [0.3, 0.4) is 0 Å². The van der Waals surface area contributed by atoms with Gasteiger partial charge in [0.2, 0.25) is 0 Å². The molecule has 1 aromatic rings. The zero-order chi connectivity index (χ0) is 12.2. The smallest absolute Gasteiger partial charge is 0.156 e. The summed E-state index contributed by atoms with van der Waals surface area (Å²) in [7, 11) is -3.17. The molecule has 1 aromatic carbocycles. The van der Waals surface area contributed by atoms with Crippen LogP contribution < -0.4 is 10.1 Å². The molecule has 2 aliphatic rings. The standard InChI is InChI=1S/C10H9F2NO3S/c11-5-1-6(12)10-8(2-5)16-9-4-17(14,15)3-7(9)13-10/h1-2,7,9,13H,3-4H2. The first kappa shape index (κ1) is 10.8. The van der Waals surface area contributed by atoms with Crippen LogP contribution >= 0.6 is 0 Å². The van der Waals surface area contributed by atoms with Crippen molar-refractivity contribution in [3.63, 3.8) is 0 Å². The van der Waals surface area contributed by atoms with Crippen molar-refractivity contribution in [3.05, 3.63) is 23.8 Å². The molecular formula is C10H9F2NO3S. The Labute approximate surface area is 96.5 Å². The maximum Gasteiger partial charge on any atom is 0.156 e. The topological polar surface area (TPSA) is 55.4 Å². The van der Waals surface area contributed by atoms with Gasteiger partial charge in [0, 0.05) is 12.1 Å². The summed E-state index contributed by atoms with van der Waals surface area (Å²) >= 11 is 0. The van der Waals surface area contributed by atoms with Gasteiger partial charge in [0.05, 0.1) is 17.5 Å². The Balaban J connectivity index is 2.02. The van der Waals surface area contributed by atoms with Crippen LogP contribution in [0.2, 0.25) is 0 Å². The van der Waals surface area contributed by atoms with E-state index in [2.05, 4.69) is 5.32 Å². The Hall–Kier alpha value is -1.37. The van der Waals surface area contributed by atoms with Gasteiger partial charge in [0.1, 0.15) is 23.4 Å². The zero-order valence-electron chi connectivity index (χ0n) is 8.61. The normalized spacial score (nSPS) is 28.8. The Morgan fingerprint density at radius 3 is 2.82 bits per heavy atom. The number of benzene rings is 1. The minimum atomic E-state index is -3.17. The molecule has 2 atom stereocenters. The number of hydrogen-bond donors (Lipinski definition) is 1. The largest absolute Gasteiger partial charge is 0.485 e. The highest BCUT2D eigenvalue weighted by molar-refractivity contribution is 7.91. The number of rotatable bonds is 0. The molecule has 0 bridgehead atoms. The van der Waals surface area contributed by atoms with E-state index in [0.717, 1.165) is 12.1 Å². The predicted octanol–water partition coefficient (Wildman–Crippen LogP) is 0.935. The zero-order valence-corrected chi connectivity index (χ0v) is 9.43. The molecule has 7 heteroatoms. The molecule has 0 radical (unpaired) electrons. The second-order valence-corrected chi connectivity index (χ2v) is 6.40. The van der Waals surface area contributed by atoms with Gasteiger partial charge in [-0.05, 0) is 0 Å². The van der Waals surface area contributed by atoms with Crippen molar-refractivity contribution in [3.8, 4) is 5.75 Å². The van der Waals surface area contributed by atoms with Gasteiger partial charge in [-0.1, -0.05) is 0 Å². The number of anilines is 1. The van der Waals surface area contributed by atoms with Crippen molar-refractivity contribution in [1.29, 1.82) is 0 Å². The predicted molar refractivity (Wildman–Crippen MR) is 56.8 cm³/mol. The maximum atomic E-state index is 13.4. The number of hydrogen-bond acceptors (Lipinski definition) is 4. The van der Waals surface area contributed by atoms with Crippen LogP contribution in [0.1, 0.15) is 0 Å². The summed E-state index contributed by atoms with van der Waals surface area (Å²) in [5.74, 6) is -1.71. The van der Waals surface area contributed by atoms with E-state index in [-0.39, 0.29) is 22.9 Å². The SMILES string of the molecule is O=S1(=O)CC2Nc3c(F)cc(F)cc3OC2C1. The van der Waals surface area contributed by atoms with Gasteiger partial charge < -0.3 is 10.1 Å². The highest BCUT2D eigenvalue weighted by Crippen LogP contribution is 2.37. The Bertz CT molecular complexity index is 587. The number of ether oxygens (including phenoxy) is 1. The summed E-state index contributed by atoms with van der Waals surface area (Å²) in [6.45, 7) is 0. The van der Waals surface area contributed by atoms with Crippen LogP contribution in [0.25, 0.3) is 0 Å². The second-order valence-electron chi connectivity index (χ2n) is 4.24. The van der Waals surface area contributed by atoms with Gasteiger partial charge in [0.25, 0.3) is 0 Å². The van der Waals surface area contributed by atoms with Gasteiger partial charge in [-0.3, -0.25) is 0 Å². The molecule has 17 heavy (non-hydrogen) atoms. The molecular weight excluding hydrogens is 252 g/mol. The lowest BCUT2D eigenvalue weighted by atomic mass is 10.1. The van der Waals surface area contributed by atoms with Gasteiger partial charge in [-0.15, -0.1) is 0 Å². The molecule has 0 aliphatic carbocycles. The quantitative estimate of drug-likeness (QED) is 0.755. The first-order chi connectivity index (χ1) is 7.94. The van der Waals surface area contributed by atoms with Crippen molar-refractivity contribution < 1.29 is 21.9 Å². The van der Waals surface area contributed by atoms with Crippen molar-refractivity contribution >= 4 is 15.5 Å². The molecule has 1 saturated heterocycles. The average molecular weight is 261 g/mol. The van der Waals surface area contributed by atoms with Crippen LogP contribution in [-0.4, -0.2) is 32.1 Å². The molecule has 1 N–H and O–H groups in total. The molecule has 2 unspecified atom stereocenters. The summed E-state index contributed by atoms with van der Waals surface area (Å²) in [4.78, 5) is 0. The molecule has 4 nitrogen and oxygen atoms in total. The molecule has 92 valence electrons. The Morgan fingerprint density at radius 2 is 2.06 bits per heavy atom. The lowest BCUT2D eigenvalue weighted by Crippen LogP contribution is -2.40. The van der Waals surface area contributed by atoms with Crippen LogP contribution in [0, 0.1) is 11.6 Å². The number of nitrogens with one attached hydrogen (secondary N) is 1. The fraction of sp³-hybridized carbons (Fsp3) is 0.400. The summed E-state index contributed by atoms with van der Waals surface area (Å²) < 4.78 is 54.6. The van der Waals surface area contributed by atoms with Gasteiger partial charge in [-0.25, -0.2) is 17.2 Å².